The minimum absolute atomic E-state index is 0.0589. The fraction of sp³-hybridized carbons (Fsp3) is 0.431. The number of carboxylic acid groups (broad SMARTS) is 1. The molecule has 12 rings (SSSR count). The van der Waals surface area contributed by atoms with Crippen LogP contribution in [0.4, 0.5) is 5.13 Å². The number of aromatic amines is 1. The van der Waals surface area contributed by atoms with E-state index in [0.29, 0.717) is 71.5 Å². The largest absolute Gasteiger partial charge is 0.476 e. The van der Waals surface area contributed by atoms with Gasteiger partial charge in [-0.15, -0.1) is 0 Å². The van der Waals surface area contributed by atoms with Gasteiger partial charge < -0.3 is 24.6 Å². The number of hydrogen-bond acceptors (Lipinski definition) is 12. The van der Waals surface area contributed by atoms with Crippen LogP contribution >= 0.6 is 11.3 Å². The monoisotopic (exact) mass is 1180 g/mol. The Hall–Kier alpha value is -6.38. The summed E-state index contributed by atoms with van der Waals surface area (Å²) in [5, 5.41) is 25.4. The number of H-pyrrole nitrogens is 1. The maximum Gasteiger partial charge on any atom is 0.355 e. The van der Waals surface area contributed by atoms with E-state index in [0.717, 1.165) is 59.8 Å². The molecule has 83 heavy (non-hydrogen) atoms. The topological polar surface area (TPSA) is 200 Å². The minimum atomic E-state index is -3.80. The molecule has 0 saturated heterocycles. The summed E-state index contributed by atoms with van der Waals surface area (Å²) in [4.78, 5) is 39.3. The summed E-state index contributed by atoms with van der Waals surface area (Å²) < 4.78 is 49.4. The number of hydrogen-bond donors (Lipinski definition) is 4. The number of fused-ring (bicyclic) bond motifs is 2. The fourth-order valence-corrected chi connectivity index (χ4v) is 21.6. The van der Waals surface area contributed by atoms with E-state index in [1.165, 1.54) is 21.7 Å². The van der Waals surface area contributed by atoms with Crippen molar-refractivity contribution in [2.45, 2.75) is 118 Å². The van der Waals surface area contributed by atoms with E-state index in [1.807, 2.05) is 81.4 Å². The molecule has 4 fully saturated rings. The van der Waals surface area contributed by atoms with Gasteiger partial charge in [0.2, 0.25) is 0 Å². The number of amides is 1. The lowest BCUT2D eigenvalue weighted by atomic mass is 9.39. The summed E-state index contributed by atoms with van der Waals surface area (Å²) in [6, 6.07) is 39.7. The van der Waals surface area contributed by atoms with Crippen molar-refractivity contribution in [3.05, 3.63) is 144 Å². The van der Waals surface area contributed by atoms with Gasteiger partial charge in [-0.25, -0.2) is 14.8 Å². The number of anilines is 1. The molecule has 18 heteroatoms. The number of nitrogens with one attached hydrogen (secondary N) is 3. The number of rotatable bonds is 23. The van der Waals surface area contributed by atoms with E-state index in [4.69, 9.17) is 23.4 Å². The number of benzene rings is 4. The molecule has 8 aromatic rings. The van der Waals surface area contributed by atoms with Gasteiger partial charge in [-0.1, -0.05) is 145 Å². The van der Waals surface area contributed by atoms with Crippen LogP contribution in [0.15, 0.2) is 128 Å². The summed E-state index contributed by atoms with van der Waals surface area (Å²) in [7, 11) is -6.54. The van der Waals surface area contributed by atoms with E-state index in [-0.39, 0.29) is 57.4 Å². The highest BCUT2D eigenvalue weighted by Gasteiger charge is 2.66. The summed E-state index contributed by atoms with van der Waals surface area (Å²) in [5.74, 6) is -1.62. The zero-order chi connectivity index (χ0) is 58.6. The van der Waals surface area contributed by atoms with Crippen LogP contribution in [0.5, 0.6) is 0 Å². The Labute approximate surface area is 492 Å². The second kappa shape index (κ2) is 22.2. The SMILES string of the molecule is Cc1c(-c2ccc(-c3cc4cccc(C(=O)Nc5nc6ccccc6s5)c4[nH]3)nc2C(=O)O)cnn1CC12CC3(C)CC(C)(C1)CC(OCCNCCS(=O)(=O)OCC(C)(C)CCO[Si](c1ccccc1)(c1ccccc1)C(C)(C)C)(C3)C2. The molecule has 4 bridgehead atoms. The van der Waals surface area contributed by atoms with E-state index in [9.17, 15) is 23.1 Å². The first kappa shape index (κ1) is 58.4. The second-order valence-electron chi connectivity index (χ2n) is 26.5. The average Bonchev–Trinajstić information content (AvgIpc) is 4.33. The summed E-state index contributed by atoms with van der Waals surface area (Å²) in [6.45, 7) is 20.0. The highest BCUT2D eigenvalue weighted by Crippen LogP contribution is 2.72. The predicted molar refractivity (Wildman–Crippen MR) is 332 cm³/mol. The molecule has 4 aromatic heterocycles. The number of carbonyl (C=O) groups excluding carboxylic acids is 1. The van der Waals surface area contributed by atoms with Crippen molar-refractivity contribution < 1.29 is 36.5 Å². The van der Waals surface area contributed by atoms with Crippen molar-refractivity contribution in [2.75, 3.05) is 44.0 Å². The number of carbonyl (C=O) groups is 2. The zero-order valence-electron chi connectivity index (χ0n) is 48.9. The number of thiazole rings is 1. The Morgan fingerprint density at radius 2 is 1.48 bits per heavy atom. The molecule has 2 atom stereocenters. The zero-order valence-corrected chi connectivity index (χ0v) is 51.6. The molecular formula is C65H77N7O8S2Si. The molecular weight excluding hydrogens is 1100 g/mol. The Bertz CT molecular complexity index is 3730. The molecule has 4 aliphatic carbocycles. The van der Waals surface area contributed by atoms with Gasteiger partial charge in [0.05, 0.1) is 63.4 Å². The second-order valence-corrected chi connectivity index (χ2v) is 33.6. The third-order valence-electron chi connectivity index (χ3n) is 17.7. The van der Waals surface area contributed by atoms with Crippen molar-refractivity contribution in [3.8, 4) is 22.5 Å². The third kappa shape index (κ3) is 12.0. The van der Waals surface area contributed by atoms with Gasteiger partial charge in [-0.3, -0.25) is 19.0 Å². The van der Waals surface area contributed by atoms with Gasteiger partial charge in [0, 0.05) is 48.4 Å². The third-order valence-corrected chi connectivity index (χ3v) is 24.9. The molecule has 436 valence electrons. The first-order valence-corrected chi connectivity index (χ1v) is 33.2. The van der Waals surface area contributed by atoms with Gasteiger partial charge >= 0.3 is 5.97 Å². The first-order valence-electron chi connectivity index (χ1n) is 28.9. The number of aromatic nitrogens is 5. The van der Waals surface area contributed by atoms with Crippen molar-refractivity contribution in [3.63, 3.8) is 0 Å². The van der Waals surface area contributed by atoms with Crippen molar-refractivity contribution in [1.82, 2.24) is 30.0 Å². The van der Waals surface area contributed by atoms with Crippen LogP contribution < -0.4 is 21.0 Å². The van der Waals surface area contributed by atoms with E-state index >= 15 is 0 Å². The molecule has 2 unspecified atom stereocenters. The summed E-state index contributed by atoms with van der Waals surface area (Å²) >= 11 is 1.40. The smallest absolute Gasteiger partial charge is 0.355 e. The van der Waals surface area contributed by atoms with Gasteiger partial charge in [0.1, 0.15) is 0 Å². The van der Waals surface area contributed by atoms with E-state index < -0.39 is 29.8 Å². The number of nitrogens with zero attached hydrogens (tertiary/aromatic N) is 4. The van der Waals surface area contributed by atoms with Gasteiger partial charge in [0.25, 0.3) is 24.3 Å². The number of aromatic carboxylic acids is 1. The Balaban J connectivity index is 0.699. The Morgan fingerprint density at radius 1 is 0.795 bits per heavy atom. The van der Waals surface area contributed by atoms with Crippen LogP contribution in [0.1, 0.15) is 120 Å². The molecule has 4 saturated carbocycles. The minimum Gasteiger partial charge on any atom is -0.476 e. The van der Waals surface area contributed by atoms with Crippen LogP contribution in [0.25, 0.3) is 43.6 Å². The molecule has 0 aliphatic heterocycles. The average molecular weight is 1180 g/mol. The molecule has 4 aromatic carbocycles. The Morgan fingerprint density at radius 3 is 2.16 bits per heavy atom. The number of ether oxygens (including phenoxy) is 1. The molecule has 4 heterocycles. The molecule has 15 nitrogen and oxygen atoms in total. The number of carboxylic acids is 1. The standard InChI is InChI=1S/C65H77N7O8S2Si/c1-44-50(48-26-27-51(68-56(48)58(74)75)53-34-45-18-17-23-49(55(45)69-53)57(73)71-59-70-52-24-15-16-25-54(52)81-59)35-67-72(44)42-64-37-62(7)36-63(8,38-64)40-65(39-62,41-64)78-32-29-66-30-33-82(76,77)79-43-61(5,6)28-31-80-83(60(2,3)4,46-19-11-9-12-20-46)47-21-13-10-14-22-47/h9-27,34-35,66,69H,28-33,36-43H2,1-8H3,(H,74,75)(H,70,71,73). The van der Waals surface area contributed by atoms with Crippen LogP contribution in [0, 0.1) is 28.6 Å². The lowest BCUT2D eigenvalue weighted by molar-refractivity contribution is -0.247. The van der Waals surface area contributed by atoms with Gasteiger partial charge in [0.15, 0.2) is 10.8 Å². The van der Waals surface area contributed by atoms with Gasteiger partial charge in [-0.2, -0.15) is 13.5 Å². The lowest BCUT2D eigenvalue weighted by Gasteiger charge is -2.69. The molecule has 1 amide bonds. The van der Waals surface area contributed by atoms with Crippen molar-refractivity contribution in [1.29, 1.82) is 0 Å². The summed E-state index contributed by atoms with van der Waals surface area (Å²) in [6.07, 6.45) is 8.43. The maximum absolute atomic E-state index is 13.6. The number of para-hydroxylation sites is 2. The Kier molecular flexibility index (Phi) is 15.6. The molecule has 0 radical (unpaired) electrons. The van der Waals surface area contributed by atoms with Crippen LogP contribution in [-0.2, 0) is 30.0 Å². The molecule has 4 N–H and O–H groups in total. The summed E-state index contributed by atoms with van der Waals surface area (Å²) in [5.41, 5.74) is 4.09. The quantitative estimate of drug-likeness (QED) is 0.0269. The first-order chi connectivity index (χ1) is 39.4. The predicted octanol–water partition coefficient (Wildman–Crippen LogP) is 12.0. The lowest BCUT2D eigenvalue weighted by Crippen LogP contribution is -2.66. The molecule has 0 spiro atoms. The van der Waals surface area contributed by atoms with Crippen LogP contribution in [-0.4, -0.2) is 103 Å². The van der Waals surface area contributed by atoms with E-state index in [2.05, 4.69) is 108 Å². The highest BCUT2D eigenvalue weighted by atomic mass is 32.2. The normalized spacial score (nSPS) is 21.7. The fourth-order valence-electron chi connectivity index (χ4n) is 15.2. The van der Waals surface area contributed by atoms with Crippen LogP contribution in [0.3, 0.4) is 0 Å². The van der Waals surface area contributed by atoms with Gasteiger partial charge in [-0.05, 0) is 125 Å². The van der Waals surface area contributed by atoms with Crippen molar-refractivity contribution >= 4 is 78.3 Å². The number of pyridine rings is 1. The highest BCUT2D eigenvalue weighted by molar-refractivity contribution is 7.86. The molecule has 4 aliphatic rings. The maximum atomic E-state index is 13.6. The van der Waals surface area contributed by atoms with Crippen LogP contribution in [0.2, 0.25) is 5.04 Å². The van der Waals surface area contributed by atoms with E-state index in [1.54, 1.807) is 18.3 Å². The van der Waals surface area contributed by atoms with Crippen molar-refractivity contribution in [2.24, 2.45) is 21.7 Å².